The molecule has 2 aliphatic rings. The molecule has 0 bridgehead atoms. The number of aromatic nitrogens is 1. The fourth-order valence-corrected chi connectivity index (χ4v) is 3.64. The standard InChI is InChI=1S/C21H29N3O2/c1-16-9-13-24(14-10-16)21(26)18-8-12-22-19(15-18)20(25)23-11-7-17-5-3-2-4-6-17/h5,8,12,15-16H,2-4,6-7,9-11,13-14H2,1H3,(H,23,25). The lowest BCUT2D eigenvalue weighted by Crippen LogP contribution is -2.38. The van der Waals surface area contributed by atoms with Crippen molar-refractivity contribution in [2.75, 3.05) is 19.6 Å². The summed E-state index contributed by atoms with van der Waals surface area (Å²) in [6.45, 7) is 4.42. The first-order valence-corrected chi connectivity index (χ1v) is 9.85. The van der Waals surface area contributed by atoms with Crippen molar-refractivity contribution in [3.8, 4) is 0 Å². The average molecular weight is 355 g/mol. The van der Waals surface area contributed by atoms with Gasteiger partial charge < -0.3 is 10.2 Å². The first-order valence-electron chi connectivity index (χ1n) is 9.85. The van der Waals surface area contributed by atoms with E-state index in [1.807, 2.05) is 4.90 Å². The second kappa shape index (κ2) is 8.97. The molecule has 140 valence electrons. The van der Waals surface area contributed by atoms with E-state index in [2.05, 4.69) is 23.3 Å². The van der Waals surface area contributed by atoms with Gasteiger partial charge in [-0.15, -0.1) is 0 Å². The van der Waals surface area contributed by atoms with Crippen LogP contribution in [0.5, 0.6) is 0 Å². The summed E-state index contributed by atoms with van der Waals surface area (Å²) in [5, 5.41) is 2.93. The van der Waals surface area contributed by atoms with E-state index >= 15 is 0 Å². The summed E-state index contributed by atoms with van der Waals surface area (Å²) in [5.41, 5.74) is 2.31. The van der Waals surface area contributed by atoms with Crippen LogP contribution >= 0.6 is 0 Å². The van der Waals surface area contributed by atoms with E-state index in [0.717, 1.165) is 45.2 Å². The van der Waals surface area contributed by atoms with Gasteiger partial charge in [-0.3, -0.25) is 14.6 Å². The number of nitrogens with zero attached hydrogens (tertiary/aromatic N) is 2. The molecule has 5 heteroatoms. The van der Waals surface area contributed by atoms with Crippen LogP contribution in [0.2, 0.25) is 0 Å². The molecule has 1 fully saturated rings. The van der Waals surface area contributed by atoms with Crippen LogP contribution in [0, 0.1) is 5.92 Å². The Hall–Kier alpha value is -2.17. The number of carbonyl (C=O) groups is 2. The predicted octanol–water partition coefficient (Wildman–Crippen LogP) is 3.57. The van der Waals surface area contributed by atoms with Crippen molar-refractivity contribution in [1.29, 1.82) is 0 Å². The predicted molar refractivity (Wildman–Crippen MR) is 102 cm³/mol. The molecule has 1 saturated heterocycles. The first kappa shape index (κ1) is 18.6. The van der Waals surface area contributed by atoms with Gasteiger partial charge >= 0.3 is 0 Å². The quantitative estimate of drug-likeness (QED) is 0.821. The van der Waals surface area contributed by atoms with Gasteiger partial charge in [0.1, 0.15) is 5.69 Å². The largest absolute Gasteiger partial charge is 0.350 e. The molecule has 5 nitrogen and oxygen atoms in total. The Bertz CT molecular complexity index is 676. The number of allylic oxidation sites excluding steroid dienone is 1. The highest BCUT2D eigenvalue weighted by Gasteiger charge is 2.22. The Balaban J connectivity index is 1.55. The first-order chi connectivity index (χ1) is 12.6. The average Bonchev–Trinajstić information content (AvgIpc) is 2.69. The van der Waals surface area contributed by atoms with E-state index in [1.165, 1.54) is 18.4 Å². The van der Waals surface area contributed by atoms with Gasteiger partial charge in [0, 0.05) is 31.4 Å². The molecular formula is C21H29N3O2. The van der Waals surface area contributed by atoms with Crippen LogP contribution in [-0.2, 0) is 0 Å². The van der Waals surface area contributed by atoms with E-state index < -0.39 is 0 Å². The minimum absolute atomic E-state index is 0.000658. The molecule has 0 spiro atoms. The Morgan fingerprint density at radius 2 is 2.08 bits per heavy atom. The number of piperidine rings is 1. The number of likely N-dealkylation sites (tertiary alicyclic amines) is 1. The molecule has 0 saturated carbocycles. The molecule has 3 rings (SSSR count). The van der Waals surface area contributed by atoms with Crippen LogP contribution in [0.4, 0.5) is 0 Å². The highest BCUT2D eigenvalue weighted by atomic mass is 16.2. The molecule has 0 atom stereocenters. The van der Waals surface area contributed by atoms with Crippen LogP contribution in [0.3, 0.4) is 0 Å². The number of hydrogen-bond acceptors (Lipinski definition) is 3. The molecule has 0 radical (unpaired) electrons. The zero-order valence-electron chi connectivity index (χ0n) is 15.7. The van der Waals surface area contributed by atoms with Gasteiger partial charge in [0.15, 0.2) is 0 Å². The summed E-state index contributed by atoms with van der Waals surface area (Å²) in [7, 11) is 0. The minimum Gasteiger partial charge on any atom is -0.350 e. The van der Waals surface area contributed by atoms with Gasteiger partial charge in [0.05, 0.1) is 0 Å². The van der Waals surface area contributed by atoms with Crippen molar-refractivity contribution < 1.29 is 9.59 Å². The molecule has 1 aliphatic carbocycles. The monoisotopic (exact) mass is 355 g/mol. The highest BCUT2D eigenvalue weighted by Crippen LogP contribution is 2.20. The Morgan fingerprint density at radius 1 is 1.27 bits per heavy atom. The maximum atomic E-state index is 12.7. The Labute approximate surface area is 155 Å². The molecule has 2 heterocycles. The number of nitrogens with one attached hydrogen (secondary N) is 1. The van der Waals surface area contributed by atoms with Crippen LogP contribution in [-0.4, -0.2) is 41.3 Å². The SMILES string of the molecule is CC1CCN(C(=O)c2ccnc(C(=O)NCCC3=CCCCC3)c2)CC1. The number of rotatable bonds is 5. The maximum Gasteiger partial charge on any atom is 0.269 e. The van der Waals surface area contributed by atoms with Crippen LogP contribution in [0.25, 0.3) is 0 Å². The summed E-state index contributed by atoms with van der Waals surface area (Å²) in [5.74, 6) is 0.473. The molecule has 1 N–H and O–H groups in total. The lowest BCUT2D eigenvalue weighted by Gasteiger charge is -2.30. The second-order valence-electron chi connectivity index (χ2n) is 7.52. The fraction of sp³-hybridized carbons (Fsp3) is 0.571. The number of amides is 2. The van der Waals surface area contributed by atoms with E-state index in [-0.39, 0.29) is 11.8 Å². The van der Waals surface area contributed by atoms with Gasteiger partial charge in [-0.1, -0.05) is 18.6 Å². The summed E-state index contributed by atoms with van der Waals surface area (Å²) < 4.78 is 0. The Kier molecular flexibility index (Phi) is 6.42. The fourth-order valence-electron chi connectivity index (χ4n) is 3.64. The van der Waals surface area contributed by atoms with Gasteiger partial charge in [0.25, 0.3) is 11.8 Å². The molecule has 0 unspecified atom stereocenters. The minimum atomic E-state index is -0.205. The molecule has 26 heavy (non-hydrogen) atoms. The smallest absolute Gasteiger partial charge is 0.269 e. The third-order valence-electron chi connectivity index (χ3n) is 5.43. The van der Waals surface area contributed by atoms with Crippen LogP contribution in [0.15, 0.2) is 30.0 Å². The van der Waals surface area contributed by atoms with Gasteiger partial charge in [0.2, 0.25) is 0 Å². The zero-order chi connectivity index (χ0) is 18.4. The normalized spacial score (nSPS) is 18.3. The number of hydrogen-bond donors (Lipinski definition) is 1. The van der Waals surface area contributed by atoms with Crippen molar-refractivity contribution in [2.45, 2.75) is 51.9 Å². The summed E-state index contributed by atoms with van der Waals surface area (Å²) in [6, 6.07) is 3.32. The summed E-state index contributed by atoms with van der Waals surface area (Å²) in [4.78, 5) is 31.1. The molecule has 0 aromatic carbocycles. The van der Waals surface area contributed by atoms with Crippen molar-refractivity contribution in [3.05, 3.63) is 41.2 Å². The third-order valence-corrected chi connectivity index (χ3v) is 5.43. The van der Waals surface area contributed by atoms with Gasteiger partial charge in [-0.2, -0.15) is 0 Å². The van der Waals surface area contributed by atoms with E-state index in [0.29, 0.717) is 23.7 Å². The second-order valence-corrected chi connectivity index (χ2v) is 7.52. The molecule has 2 amide bonds. The van der Waals surface area contributed by atoms with Crippen molar-refractivity contribution in [2.24, 2.45) is 5.92 Å². The van der Waals surface area contributed by atoms with Gasteiger partial charge in [-0.25, -0.2) is 0 Å². The topological polar surface area (TPSA) is 62.3 Å². The van der Waals surface area contributed by atoms with Gasteiger partial charge in [-0.05, 0) is 63.0 Å². The van der Waals surface area contributed by atoms with Crippen molar-refractivity contribution in [3.63, 3.8) is 0 Å². The zero-order valence-corrected chi connectivity index (χ0v) is 15.7. The van der Waals surface area contributed by atoms with E-state index in [1.54, 1.807) is 18.3 Å². The molecular weight excluding hydrogens is 326 g/mol. The van der Waals surface area contributed by atoms with Crippen molar-refractivity contribution in [1.82, 2.24) is 15.2 Å². The van der Waals surface area contributed by atoms with Crippen LogP contribution < -0.4 is 5.32 Å². The number of pyridine rings is 1. The Morgan fingerprint density at radius 3 is 2.81 bits per heavy atom. The summed E-state index contributed by atoms with van der Waals surface area (Å²) in [6.07, 6.45) is 11.7. The highest BCUT2D eigenvalue weighted by molar-refractivity contribution is 5.98. The lowest BCUT2D eigenvalue weighted by molar-refractivity contribution is 0.0697. The third kappa shape index (κ3) is 4.93. The lowest BCUT2D eigenvalue weighted by atomic mass is 9.97. The summed E-state index contributed by atoms with van der Waals surface area (Å²) >= 11 is 0. The number of carbonyl (C=O) groups excluding carboxylic acids is 2. The molecule has 1 aromatic heterocycles. The van der Waals surface area contributed by atoms with Crippen molar-refractivity contribution >= 4 is 11.8 Å². The molecule has 1 aromatic rings. The van der Waals surface area contributed by atoms with E-state index in [4.69, 9.17) is 0 Å². The van der Waals surface area contributed by atoms with Crippen LogP contribution in [0.1, 0.15) is 72.7 Å². The van der Waals surface area contributed by atoms with E-state index in [9.17, 15) is 9.59 Å². The maximum absolute atomic E-state index is 12.7. The molecule has 1 aliphatic heterocycles.